The van der Waals surface area contributed by atoms with Crippen LogP contribution in [0.2, 0.25) is 0 Å². The van der Waals surface area contributed by atoms with Gasteiger partial charge in [0.2, 0.25) is 0 Å². The van der Waals surface area contributed by atoms with Gasteiger partial charge >= 0.3 is 0 Å². The Kier molecular flexibility index (Phi) is 5.21. The molecule has 2 heterocycles. The number of primary amides is 1. The monoisotopic (exact) mass is 388 g/mol. The highest BCUT2D eigenvalue weighted by Gasteiger charge is 2.39. The molecule has 27 heavy (non-hydrogen) atoms. The van der Waals surface area contributed by atoms with E-state index in [1.807, 2.05) is 0 Å². The maximum atomic E-state index is 13.1. The van der Waals surface area contributed by atoms with Gasteiger partial charge in [-0.05, 0) is 44.2 Å². The number of fused-ring (bicyclic) bond motifs is 1. The van der Waals surface area contributed by atoms with E-state index in [0.29, 0.717) is 34.9 Å². The number of benzene rings is 1. The predicted octanol–water partition coefficient (Wildman–Crippen LogP) is 2.73. The normalized spacial score (nSPS) is 18.5. The Hall–Kier alpha value is -2.45. The lowest BCUT2D eigenvalue weighted by molar-refractivity contribution is -0.0583. The summed E-state index contributed by atoms with van der Waals surface area (Å²) in [6.07, 6.45) is 3.91. The SMILES string of the molecule is CSc1nc(C)c2c(c1C(N)=O)N=CN(CCc1ccc(F)cc1)C2(C)O. The minimum Gasteiger partial charge on any atom is -0.367 e. The van der Waals surface area contributed by atoms with Gasteiger partial charge in [0.25, 0.3) is 5.91 Å². The van der Waals surface area contributed by atoms with Crippen molar-refractivity contribution in [1.29, 1.82) is 0 Å². The van der Waals surface area contributed by atoms with Crippen LogP contribution in [0.15, 0.2) is 34.3 Å². The summed E-state index contributed by atoms with van der Waals surface area (Å²) in [5.41, 5.74) is 6.72. The Morgan fingerprint density at radius 3 is 2.63 bits per heavy atom. The molecule has 1 aliphatic heterocycles. The zero-order valence-electron chi connectivity index (χ0n) is 15.4. The van der Waals surface area contributed by atoms with E-state index in [2.05, 4.69) is 9.98 Å². The summed E-state index contributed by atoms with van der Waals surface area (Å²) in [5, 5.41) is 11.7. The number of aryl methyl sites for hydroxylation is 1. The second kappa shape index (κ2) is 7.28. The Labute approximate surface area is 161 Å². The molecule has 0 radical (unpaired) electrons. The first kappa shape index (κ1) is 19.3. The minimum absolute atomic E-state index is 0.220. The molecule has 1 unspecified atom stereocenters. The fraction of sp³-hybridized carbons (Fsp3) is 0.316. The zero-order chi connectivity index (χ0) is 19.8. The Morgan fingerprint density at radius 1 is 1.37 bits per heavy atom. The molecular weight excluding hydrogens is 367 g/mol. The number of halogens is 1. The lowest BCUT2D eigenvalue weighted by Crippen LogP contribution is -2.46. The Balaban J connectivity index is 1.97. The number of hydrogen-bond donors (Lipinski definition) is 2. The van der Waals surface area contributed by atoms with Crippen molar-refractivity contribution in [2.45, 2.75) is 31.0 Å². The van der Waals surface area contributed by atoms with Gasteiger partial charge in [-0.1, -0.05) is 12.1 Å². The van der Waals surface area contributed by atoms with Gasteiger partial charge in [-0.25, -0.2) is 14.4 Å². The van der Waals surface area contributed by atoms with E-state index in [1.54, 1.807) is 37.1 Å². The van der Waals surface area contributed by atoms with Crippen molar-refractivity contribution in [3.05, 3.63) is 52.5 Å². The molecule has 142 valence electrons. The zero-order valence-corrected chi connectivity index (χ0v) is 16.2. The molecule has 2 aromatic rings. The lowest BCUT2D eigenvalue weighted by atomic mass is 9.95. The Bertz CT molecular complexity index is 913. The van der Waals surface area contributed by atoms with Crippen LogP contribution in [-0.4, -0.2) is 40.0 Å². The number of rotatable bonds is 5. The van der Waals surface area contributed by atoms with E-state index in [-0.39, 0.29) is 11.4 Å². The average molecular weight is 388 g/mol. The number of aromatic nitrogens is 1. The van der Waals surface area contributed by atoms with Gasteiger partial charge in [-0.2, -0.15) is 0 Å². The molecule has 1 aliphatic rings. The quantitative estimate of drug-likeness (QED) is 0.769. The number of amides is 1. The van der Waals surface area contributed by atoms with Crippen LogP contribution in [-0.2, 0) is 12.1 Å². The molecule has 0 aliphatic carbocycles. The molecule has 1 aromatic heterocycles. The summed E-state index contributed by atoms with van der Waals surface area (Å²) in [5.74, 6) is -0.916. The lowest BCUT2D eigenvalue weighted by Gasteiger charge is -2.40. The summed E-state index contributed by atoms with van der Waals surface area (Å²) >= 11 is 1.31. The fourth-order valence-corrected chi connectivity index (χ4v) is 3.92. The fourth-order valence-electron chi connectivity index (χ4n) is 3.29. The number of nitrogens with two attached hydrogens (primary N) is 1. The third-order valence-corrected chi connectivity index (χ3v) is 5.35. The van der Waals surface area contributed by atoms with Gasteiger partial charge in [0.1, 0.15) is 10.8 Å². The number of nitrogens with zero attached hydrogens (tertiary/aromatic N) is 3. The first-order valence-corrected chi connectivity index (χ1v) is 9.64. The molecule has 3 N–H and O–H groups in total. The van der Waals surface area contributed by atoms with Crippen molar-refractivity contribution in [3.8, 4) is 0 Å². The number of pyridine rings is 1. The predicted molar refractivity (Wildman–Crippen MR) is 104 cm³/mol. The number of aliphatic imine (C=N–C) groups is 1. The molecule has 1 aromatic carbocycles. The molecule has 0 fully saturated rings. The van der Waals surface area contributed by atoms with Crippen LogP contribution in [0, 0.1) is 12.7 Å². The molecule has 1 atom stereocenters. The highest BCUT2D eigenvalue weighted by molar-refractivity contribution is 7.98. The highest BCUT2D eigenvalue weighted by Crippen LogP contribution is 2.42. The summed E-state index contributed by atoms with van der Waals surface area (Å²) in [7, 11) is 0. The molecule has 0 bridgehead atoms. The largest absolute Gasteiger partial charge is 0.367 e. The molecule has 8 heteroatoms. The van der Waals surface area contributed by atoms with Crippen LogP contribution in [0.1, 0.15) is 34.1 Å². The van der Waals surface area contributed by atoms with Crippen LogP contribution < -0.4 is 5.73 Å². The Morgan fingerprint density at radius 2 is 2.04 bits per heavy atom. The van der Waals surface area contributed by atoms with E-state index >= 15 is 0 Å². The summed E-state index contributed by atoms with van der Waals surface area (Å²) in [6.45, 7) is 3.87. The average Bonchev–Trinajstić information content (AvgIpc) is 2.61. The number of aliphatic hydroxyl groups is 1. The van der Waals surface area contributed by atoms with Crippen molar-refractivity contribution in [1.82, 2.24) is 9.88 Å². The third kappa shape index (κ3) is 3.54. The van der Waals surface area contributed by atoms with Crippen LogP contribution in [0.5, 0.6) is 0 Å². The van der Waals surface area contributed by atoms with Crippen molar-refractivity contribution in [3.63, 3.8) is 0 Å². The summed E-state index contributed by atoms with van der Waals surface area (Å²) in [6, 6.07) is 6.23. The van der Waals surface area contributed by atoms with E-state index in [0.717, 1.165) is 5.56 Å². The third-order valence-electron chi connectivity index (χ3n) is 4.67. The standard InChI is InChI=1S/C19H21FN4O2S/c1-11-15-16(14(17(21)25)18(23-11)27-3)22-10-24(19(15,2)26)9-8-12-4-6-13(20)7-5-12/h4-7,10,26H,8-9H2,1-3H3,(H2,21,25). The van der Waals surface area contributed by atoms with Crippen molar-refractivity contribution in [2.24, 2.45) is 10.7 Å². The first-order valence-electron chi connectivity index (χ1n) is 8.42. The van der Waals surface area contributed by atoms with Gasteiger partial charge in [0, 0.05) is 12.2 Å². The molecule has 1 amide bonds. The smallest absolute Gasteiger partial charge is 0.253 e. The van der Waals surface area contributed by atoms with E-state index in [9.17, 15) is 14.3 Å². The molecule has 0 saturated carbocycles. The minimum atomic E-state index is -1.41. The van der Waals surface area contributed by atoms with Gasteiger partial charge in [-0.3, -0.25) is 4.79 Å². The highest BCUT2D eigenvalue weighted by atomic mass is 32.2. The second-order valence-electron chi connectivity index (χ2n) is 6.50. The van der Waals surface area contributed by atoms with Crippen LogP contribution in [0.4, 0.5) is 10.1 Å². The molecule has 0 saturated heterocycles. The van der Waals surface area contributed by atoms with Gasteiger partial charge < -0.3 is 15.7 Å². The van der Waals surface area contributed by atoms with E-state index in [4.69, 9.17) is 5.73 Å². The topological polar surface area (TPSA) is 91.8 Å². The second-order valence-corrected chi connectivity index (χ2v) is 7.30. The first-order chi connectivity index (χ1) is 12.8. The van der Waals surface area contributed by atoms with Crippen LogP contribution in [0.3, 0.4) is 0 Å². The number of carbonyl (C=O) groups excluding carboxylic acids is 1. The van der Waals surface area contributed by atoms with Crippen molar-refractivity contribution >= 4 is 29.7 Å². The summed E-state index contributed by atoms with van der Waals surface area (Å²) in [4.78, 5) is 22.5. The molecule has 0 spiro atoms. The molecule has 6 nitrogen and oxygen atoms in total. The maximum absolute atomic E-state index is 13.1. The van der Waals surface area contributed by atoms with Crippen molar-refractivity contribution < 1.29 is 14.3 Å². The molecular formula is C19H21FN4O2S. The van der Waals surface area contributed by atoms with Gasteiger partial charge in [0.15, 0.2) is 5.72 Å². The van der Waals surface area contributed by atoms with E-state index < -0.39 is 11.6 Å². The maximum Gasteiger partial charge on any atom is 0.253 e. The van der Waals surface area contributed by atoms with Crippen molar-refractivity contribution in [2.75, 3.05) is 12.8 Å². The van der Waals surface area contributed by atoms with Crippen LogP contribution in [0.25, 0.3) is 0 Å². The van der Waals surface area contributed by atoms with Gasteiger partial charge in [-0.15, -0.1) is 11.8 Å². The number of carbonyl (C=O) groups is 1. The van der Waals surface area contributed by atoms with E-state index in [1.165, 1.54) is 30.2 Å². The van der Waals surface area contributed by atoms with Crippen LogP contribution >= 0.6 is 11.8 Å². The molecule has 3 rings (SSSR count). The number of thioether (sulfide) groups is 1. The summed E-state index contributed by atoms with van der Waals surface area (Å²) < 4.78 is 13.1. The van der Waals surface area contributed by atoms with Gasteiger partial charge in [0.05, 0.1) is 23.2 Å². The number of hydrogen-bond acceptors (Lipinski definition) is 6.